The van der Waals surface area contributed by atoms with Gasteiger partial charge in [0, 0.05) is 12.4 Å². The molecule has 0 aliphatic heterocycles. The van der Waals surface area contributed by atoms with Gasteiger partial charge in [-0.3, -0.25) is 4.98 Å². The Morgan fingerprint density at radius 2 is 1.92 bits per heavy atom. The van der Waals surface area contributed by atoms with E-state index in [1.165, 1.54) is 10.7 Å². The Hall–Kier alpha value is -2.48. The first-order valence-electron chi connectivity index (χ1n) is 7.61. The van der Waals surface area contributed by atoms with Crippen LogP contribution in [0.3, 0.4) is 0 Å². The molecule has 2 aromatic heterocycles. The molecule has 0 atom stereocenters. The van der Waals surface area contributed by atoms with Gasteiger partial charge in [0.2, 0.25) is 0 Å². The molecule has 0 radical (unpaired) electrons. The van der Waals surface area contributed by atoms with Gasteiger partial charge in [0.15, 0.2) is 5.65 Å². The fourth-order valence-corrected chi connectivity index (χ4v) is 3.20. The van der Waals surface area contributed by atoms with Crippen LogP contribution in [0.1, 0.15) is 32.8 Å². The van der Waals surface area contributed by atoms with Gasteiger partial charge in [-0.1, -0.05) is 32.9 Å². The Kier molecular flexibility index (Phi) is 4.00. The van der Waals surface area contributed by atoms with Gasteiger partial charge in [-0.15, -0.1) is 5.10 Å². The molecule has 1 N–H and O–H groups in total. The number of hydrogen-bond donors (Lipinski definition) is 1. The molecule has 126 valence electrons. The number of hydrogen-bond acceptors (Lipinski definition) is 5. The lowest BCUT2D eigenvalue weighted by atomic mass is 9.82. The molecular weight excluding hydrogens is 326 g/mol. The van der Waals surface area contributed by atoms with Crippen molar-refractivity contribution >= 4 is 21.6 Å². The molecule has 8 heteroatoms. The molecular formula is C16H19N5O2S. The van der Waals surface area contributed by atoms with Crippen molar-refractivity contribution in [2.75, 3.05) is 4.72 Å². The number of anilines is 1. The van der Waals surface area contributed by atoms with Crippen LogP contribution in [0, 0.1) is 0 Å². The molecule has 0 unspecified atom stereocenters. The van der Waals surface area contributed by atoms with Gasteiger partial charge < -0.3 is 0 Å². The molecule has 3 rings (SSSR count). The average molecular weight is 345 g/mol. The van der Waals surface area contributed by atoms with E-state index in [4.69, 9.17) is 0 Å². The highest BCUT2D eigenvalue weighted by Crippen LogP contribution is 2.27. The number of nitrogens with zero attached hydrogens (tertiary/aromatic N) is 4. The third-order valence-electron chi connectivity index (χ3n) is 4.20. The van der Waals surface area contributed by atoms with Gasteiger partial charge in [-0.05, 0) is 29.5 Å². The Labute approximate surface area is 140 Å². The van der Waals surface area contributed by atoms with Crippen molar-refractivity contribution in [3.05, 3.63) is 48.4 Å². The predicted octanol–water partition coefficient (Wildman–Crippen LogP) is 2.61. The van der Waals surface area contributed by atoms with Crippen molar-refractivity contribution in [3.8, 4) is 0 Å². The third-order valence-corrected chi connectivity index (χ3v) is 5.54. The minimum Gasteiger partial charge on any atom is -0.259 e. The van der Waals surface area contributed by atoms with Crippen LogP contribution >= 0.6 is 0 Å². The van der Waals surface area contributed by atoms with Gasteiger partial charge in [0.1, 0.15) is 0 Å². The lowest BCUT2D eigenvalue weighted by molar-refractivity contribution is 0.506. The summed E-state index contributed by atoms with van der Waals surface area (Å²) in [6.45, 7) is 6.36. The number of fused-ring (bicyclic) bond motifs is 1. The van der Waals surface area contributed by atoms with E-state index in [0.717, 1.165) is 12.0 Å². The Morgan fingerprint density at radius 3 is 2.54 bits per heavy atom. The molecule has 0 aliphatic rings. The van der Waals surface area contributed by atoms with E-state index in [1.807, 2.05) is 12.1 Å². The summed E-state index contributed by atoms with van der Waals surface area (Å²) in [5.74, 6) is 0.0148. The summed E-state index contributed by atoms with van der Waals surface area (Å²) in [6.07, 6.45) is 5.62. The average Bonchev–Trinajstić information content (AvgIpc) is 2.96. The molecule has 0 amide bonds. The quantitative estimate of drug-likeness (QED) is 0.768. The van der Waals surface area contributed by atoms with Crippen LogP contribution in [0.2, 0.25) is 0 Å². The minimum atomic E-state index is -3.74. The van der Waals surface area contributed by atoms with E-state index >= 15 is 0 Å². The molecule has 3 aromatic rings. The van der Waals surface area contributed by atoms with Crippen LogP contribution in [0.25, 0.3) is 5.65 Å². The number of benzene rings is 1. The normalized spacial score (nSPS) is 12.5. The zero-order chi connectivity index (χ0) is 17.4. The maximum atomic E-state index is 12.5. The molecule has 24 heavy (non-hydrogen) atoms. The monoisotopic (exact) mass is 345 g/mol. The molecule has 0 spiro atoms. The summed E-state index contributed by atoms with van der Waals surface area (Å²) < 4.78 is 28.8. The highest BCUT2D eigenvalue weighted by Gasteiger charge is 2.21. The first-order valence-corrected chi connectivity index (χ1v) is 9.10. The first kappa shape index (κ1) is 16.4. The van der Waals surface area contributed by atoms with Crippen LogP contribution in [-0.2, 0) is 15.4 Å². The molecule has 1 aromatic carbocycles. The molecule has 0 saturated carbocycles. The van der Waals surface area contributed by atoms with E-state index in [0.29, 0.717) is 5.65 Å². The summed E-state index contributed by atoms with van der Waals surface area (Å²) in [6, 6.07) is 6.90. The summed E-state index contributed by atoms with van der Waals surface area (Å²) in [5, 5.41) is 4.07. The number of sulfonamides is 1. The highest BCUT2D eigenvalue weighted by atomic mass is 32.2. The highest BCUT2D eigenvalue weighted by molar-refractivity contribution is 7.92. The van der Waals surface area contributed by atoms with Crippen molar-refractivity contribution in [2.45, 2.75) is 37.5 Å². The van der Waals surface area contributed by atoms with Gasteiger partial charge in [-0.2, -0.15) is 4.98 Å². The molecule has 0 fully saturated rings. The van der Waals surface area contributed by atoms with E-state index in [1.54, 1.807) is 24.5 Å². The van der Waals surface area contributed by atoms with Crippen molar-refractivity contribution in [1.82, 2.24) is 19.6 Å². The lowest BCUT2D eigenvalue weighted by Crippen LogP contribution is -2.17. The van der Waals surface area contributed by atoms with Gasteiger partial charge in [-0.25, -0.2) is 17.7 Å². The maximum absolute atomic E-state index is 12.5. The molecule has 0 saturated heterocycles. The van der Waals surface area contributed by atoms with Crippen molar-refractivity contribution < 1.29 is 8.42 Å². The van der Waals surface area contributed by atoms with E-state index in [-0.39, 0.29) is 16.3 Å². The Balaban J connectivity index is 1.87. The van der Waals surface area contributed by atoms with E-state index in [2.05, 4.69) is 40.6 Å². The zero-order valence-corrected chi connectivity index (χ0v) is 14.6. The third kappa shape index (κ3) is 3.09. The molecule has 0 bridgehead atoms. The zero-order valence-electron chi connectivity index (χ0n) is 13.8. The van der Waals surface area contributed by atoms with Crippen LogP contribution in [-0.4, -0.2) is 28.0 Å². The smallest absolute Gasteiger partial charge is 0.259 e. The van der Waals surface area contributed by atoms with Gasteiger partial charge >= 0.3 is 0 Å². The van der Waals surface area contributed by atoms with E-state index in [9.17, 15) is 8.42 Å². The predicted molar refractivity (Wildman–Crippen MR) is 91.3 cm³/mol. The first-order chi connectivity index (χ1) is 11.3. The fourth-order valence-electron chi connectivity index (χ4n) is 2.26. The topological polar surface area (TPSA) is 89.2 Å². The van der Waals surface area contributed by atoms with Crippen LogP contribution in [0.15, 0.2) is 47.8 Å². The number of nitrogens with one attached hydrogen (secondary N) is 1. The van der Waals surface area contributed by atoms with Gasteiger partial charge in [0.25, 0.3) is 16.0 Å². The minimum absolute atomic E-state index is 0.00583. The van der Waals surface area contributed by atoms with Gasteiger partial charge in [0.05, 0.1) is 11.1 Å². The van der Waals surface area contributed by atoms with Crippen molar-refractivity contribution in [2.24, 2.45) is 0 Å². The standard InChI is InChI=1S/C16H19N5O2S/c1-4-16(2,3)12-5-7-13(8-6-12)24(22,23)20-15-18-14-11-17-9-10-21(14)19-15/h5-11H,4H2,1-3H3,(H,19,20). The number of aromatic nitrogens is 4. The summed E-state index contributed by atoms with van der Waals surface area (Å²) in [7, 11) is -3.74. The van der Waals surface area contributed by atoms with Crippen LogP contribution in [0.5, 0.6) is 0 Å². The molecule has 2 heterocycles. The molecule has 7 nitrogen and oxygen atoms in total. The fraction of sp³-hybridized carbons (Fsp3) is 0.312. The van der Waals surface area contributed by atoms with Crippen molar-refractivity contribution in [3.63, 3.8) is 0 Å². The van der Waals surface area contributed by atoms with E-state index < -0.39 is 10.0 Å². The van der Waals surface area contributed by atoms with Crippen LogP contribution in [0.4, 0.5) is 5.95 Å². The molecule has 0 aliphatic carbocycles. The van der Waals surface area contributed by atoms with Crippen molar-refractivity contribution in [1.29, 1.82) is 0 Å². The van der Waals surface area contributed by atoms with Crippen LogP contribution < -0.4 is 4.72 Å². The summed E-state index contributed by atoms with van der Waals surface area (Å²) in [5.41, 5.74) is 1.57. The SMILES string of the molecule is CCC(C)(C)c1ccc(S(=O)(=O)Nc2nc3cnccn3n2)cc1. The second-order valence-electron chi connectivity index (χ2n) is 6.18. The second-order valence-corrected chi connectivity index (χ2v) is 7.86. The second kappa shape index (κ2) is 5.86. The Bertz CT molecular complexity index is 929. The summed E-state index contributed by atoms with van der Waals surface area (Å²) >= 11 is 0. The lowest BCUT2D eigenvalue weighted by Gasteiger charge is -2.23. The maximum Gasteiger partial charge on any atom is 0.264 e. The Morgan fingerprint density at radius 1 is 1.21 bits per heavy atom. The number of rotatable bonds is 5. The summed E-state index contributed by atoms with van der Waals surface area (Å²) in [4.78, 5) is 8.19. The largest absolute Gasteiger partial charge is 0.264 e.